The second-order valence-electron chi connectivity index (χ2n) is 3.23. The quantitative estimate of drug-likeness (QED) is 0.709. The van der Waals surface area contributed by atoms with E-state index >= 15 is 0 Å². The number of aliphatic hydroxyl groups is 1. The molecule has 1 aromatic carbocycles. The Balaban J connectivity index is 2.16. The highest BCUT2D eigenvalue weighted by atomic mass is 16.5. The summed E-state index contributed by atoms with van der Waals surface area (Å²) in [5.41, 5.74) is 6.41. The summed E-state index contributed by atoms with van der Waals surface area (Å²) in [5.74, 6) is 0. The molecular formula is C11H17NO2. The number of aliphatic hydroxyl groups excluding tert-OH is 1. The molecule has 0 fully saturated rings. The minimum Gasteiger partial charge on any atom is -0.391 e. The van der Waals surface area contributed by atoms with Crippen molar-refractivity contribution in [3.05, 3.63) is 35.9 Å². The number of rotatable bonds is 6. The topological polar surface area (TPSA) is 55.5 Å². The van der Waals surface area contributed by atoms with Gasteiger partial charge >= 0.3 is 0 Å². The Kier molecular flexibility index (Phi) is 5.22. The van der Waals surface area contributed by atoms with Crippen molar-refractivity contribution in [3.63, 3.8) is 0 Å². The molecule has 1 atom stereocenters. The van der Waals surface area contributed by atoms with Gasteiger partial charge in [0.05, 0.1) is 19.3 Å². The van der Waals surface area contributed by atoms with Gasteiger partial charge < -0.3 is 15.6 Å². The second-order valence-corrected chi connectivity index (χ2v) is 3.23. The van der Waals surface area contributed by atoms with Crippen LogP contribution in [-0.2, 0) is 11.3 Å². The first-order valence-corrected chi connectivity index (χ1v) is 4.82. The minimum absolute atomic E-state index is 0.353. The van der Waals surface area contributed by atoms with Crippen LogP contribution in [-0.4, -0.2) is 24.4 Å². The van der Waals surface area contributed by atoms with Crippen LogP contribution in [0.25, 0.3) is 0 Å². The number of ether oxygens (including phenoxy) is 1. The van der Waals surface area contributed by atoms with Crippen LogP contribution in [0.2, 0.25) is 0 Å². The number of benzene rings is 1. The molecule has 0 bridgehead atoms. The van der Waals surface area contributed by atoms with Gasteiger partial charge in [0.15, 0.2) is 0 Å². The molecular weight excluding hydrogens is 178 g/mol. The first-order valence-electron chi connectivity index (χ1n) is 4.82. The zero-order chi connectivity index (χ0) is 10.2. The third-order valence-electron chi connectivity index (χ3n) is 1.92. The lowest BCUT2D eigenvalue weighted by atomic mass is 10.2. The van der Waals surface area contributed by atoms with Gasteiger partial charge in [0, 0.05) is 0 Å². The predicted molar refractivity (Wildman–Crippen MR) is 55.8 cm³/mol. The average Bonchev–Trinajstić information content (AvgIpc) is 2.20. The average molecular weight is 195 g/mol. The molecule has 0 radical (unpaired) electrons. The van der Waals surface area contributed by atoms with Gasteiger partial charge in [-0.05, 0) is 18.5 Å². The molecule has 14 heavy (non-hydrogen) atoms. The number of hydrogen-bond donors (Lipinski definition) is 2. The zero-order valence-electron chi connectivity index (χ0n) is 8.23. The molecule has 1 aromatic rings. The fraction of sp³-hybridized carbons (Fsp3) is 0.455. The summed E-state index contributed by atoms with van der Waals surface area (Å²) >= 11 is 0. The molecule has 3 nitrogen and oxygen atoms in total. The van der Waals surface area contributed by atoms with Gasteiger partial charge in [-0.15, -0.1) is 0 Å². The maximum absolute atomic E-state index is 9.32. The van der Waals surface area contributed by atoms with Crippen LogP contribution in [0.1, 0.15) is 12.0 Å². The Morgan fingerprint density at radius 3 is 2.64 bits per heavy atom. The number of hydrogen-bond acceptors (Lipinski definition) is 3. The van der Waals surface area contributed by atoms with Crippen LogP contribution in [0.3, 0.4) is 0 Å². The molecule has 0 amide bonds. The summed E-state index contributed by atoms with van der Waals surface area (Å²) in [5, 5.41) is 9.32. The van der Waals surface area contributed by atoms with E-state index in [0.717, 1.165) is 5.56 Å². The van der Waals surface area contributed by atoms with Crippen LogP contribution in [0.5, 0.6) is 0 Å². The van der Waals surface area contributed by atoms with Crippen molar-refractivity contribution in [1.82, 2.24) is 0 Å². The first kappa shape index (κ1) is 11.2. The molecule has 0 heterocycles. The van der Waals surface area contributed by atoms with E-state index in [1.807, 2.05) is 30.3 Å². The monoisotopic (exact) mass is 195 g/mol. The summed E-state index contributed by atoms with van der Waals surface area (Å²) in [4.78, 5) is 0. The van der Waals surface area contributed by atoms with E-state index in [1.54, 1.807) is 0 Å². The van der Waals surface area contributed by atoms with Gasteiger partial charge in [-0.1, -0.05) is 30.3 Å². The molecule has 3 heteroatoms. The third-order valence-corrected chi connectivity index (χ3v) is 1.92. The van der Waals surface area contributed by atoms with Gasteiger partial charge in [-0.3, -0.25) is 0 Å². The van der Waals surface area contributed by atoms with Gasteiger partial charge in [-0.25, -0.2) is 0 Å². The van der Waals surface area contributed by atoms with Crippen LogP contribution in [0.15, 0.2) is 30.3 Å². The Bertz CT molecular complexity index is 238. The molecule has 0 unspecified atom stereocenters. The van der Waals surface area contributed by atoms with E-state index in [9.17, 15) is 5.11 Å². The van der Waals surface area contributed by atoms with E-state index in [-0.39, 0.29) is 0 Å². The van der Waals surface area contributed by atoms with E-state index in [0.29, 0.717) is 26.2 Å². The maximum Gasteiger partial charge on any atom is 0.0785 e. The lowest BCUT2D eigenvalue weighted by Crippen LogP contribution is -2.19. The molecule has 0 aromatic heterocycles. The fourth-order valence-corrected chi connectivity index (χ4v) is 1.16. The molecule has 1 rings (SSSR count). The highest BCUT2D eigenvalue weighted by molar-refractivity contribution is 5.13. The van der Waals surface area contributed by atoms with Crippen molar-refractivity contribution < 1.29 is 9.84 Å². The summed E-state index contributed by atoms with van der Waals surface area (Å²) in [7, 11) is 0. The van der Waals surface area contributed by atoms with Gasteiger partial charge in [0.25, 0.3) is 0 Å². The Labute approximate surface area is 84.5 Å². The van der Waals surface area contributed by atoms with Crippen LogP contribution in [0.4, 0.5) is 0 Å². The van der Waals surface area contributed by atoms with E-state index < -0.39 is 6.10 Å². The lowest BCUT2D eigenvalue weighted by Gasteiger charge is -2.09. The fourth-order valence-electron chi connectivity index (χ4n) is 1.16. The lowest BCUT2D eigenvalue weighted by molar-refractivity contribution is 0.0258. The van der Waals surface area contributed by atoms with Gasteiger partial charge in [0.2, 0.25) is 0 Å². The van der Waals surface area contributed by atoms with Gasteiger partial charge in [0.1, 0.15) is 0 Å². The molecule has 0 spiro atoms. The van der Waals surface area contributed by atoms with Crippen LogP contribution in [0, 0.1) is 0 Å². The van der Waals surface area contributed by atoms with Crippen molar-refractivity contribution in [3.8, 4) is 0 Å². The molecule has 0 aliphatic carbocycles. The molecule has 0 saturated carbocycles. The normalized spacial score (nSPS) is 12.7. The van der Waals surface area contributed by atoms with Crippen molar-refractivity contribution in [2.45, 2.75) is 19.1 Å². The zero-order valence-corrected chi connectivity index (χ0v) is 8.23. The van der Waals surface area contributed by atoms with Crippen LogP contribution < -0.4 is 5.73 Å². The van der Waals surface area contributed by atoms with E-state index in [1.165, 1.54) is 0 Å². The first-order chi connectivity index (χ1) is 6.83. The summed E-state index contributed by atoms with van der Waals surface area (Å²) < 4.78 is 5.33. The van der Waals surface area contributed by atoms with Gasteiger partial charge in [-0.2, -0.15) is 0 Å². The second kappa shape index (κ2) is 6.54. The summed E-state index contributed by atoms with van der Waals surface area (Å²) in [6, 6.07) is 9.89. The predicted octanol–water partition coefficient (Wildman–Crippen LogP) is 0.913. The van der Waals surface area contributed by atoms with Crippen LogP contribution >= 0.6 is 0 Å². The summed E-state index contributed by atoms with van der Waals surface area (Å²) in [6.07, 6.45) is 0.151. The maximum atomic E-state index is 9.32. The highest BCUT2D eigenvalue weighted by Crippen LogP contribution is 2.01. The third kappa shape index (κ3) is 4.37. The van der Waals surface area contributed by atoms with Crippen molar-refractivity contribution in [1.29, 1.82) is 0 Å². The Morgan fingerprint density at radius 1 is 1.29 bits per heavy atom. The van der Waals surface area contributed by atoms with E-state index in [4.69, 9.17) is 10.5 Å². The number of nitrogens with two attached hydrogens (primary N) is 1. The van der Waals surface area contributed by atoms with Crippen molar-refractivity contribution in [2.24, 2.45) is 5.73 Å². The summed E-state index contributed by atoms with van der Waals surface area (Å²) in [6.45, 7) is 1.39. The minimum atomic E-state index is -0.441. The molecule has 0 aliphatic heterocycles. The smallest absolute Gasteiger partial charge is 0.0785 e. The highest BCUT2D eigenvalue weighted by Gasteiger charge is 2.02. The molecule has 3 N–H and O–H groups in total. The Morgan fingerprint density at radius 2 is 2.00 bits per heavy atom. The standard InChI is InChI=1S/C11H17NO2/c12-7-6-11(13)9-14-8-10-4-2-1-3-5-10/h1-5,11,13H,6-9,12H2/t11-/m1/s1. The molecule has 78 valence electrons. The van der Waals surface area contributed by atoms with Crippen molar-refractivity contribution in [2.75, 3.05) is 13.2 Å². The van der Waals surface area contributed by atoms with Crippen molar-refractivity contribution >= 4 is 0 Å². The SMILES string of the molecule is NCC[C@@H](O)COCc1ccccc1. The van der Waals surface area contributed by atoms with E-state index in [2.05, 4.69) is 0 Å². The molecule has 0 saturated heterocycles. The Hall–Kier alpha value is -0.900. The largest absolute Gasteiger partial charge is 0.391 e. The molecule has 0 aliphatic rings.